The summed E-state index contributed by atoms with van der Waals surface area (Å²) in [5, 5.41) is 9.81. The molecule has 1 fully saturated rings. The van der Waals surface area contributed by atoms with Gasteiger partial charge in [-0.25, -0.2) is 4.79 Å². The fourth-order valence-corrected chi connectivity index (χ4v) is 5.56. The van der Waals surface area contributed by atoms with Crippen LogP contribution < -0.4 is 11.2 Å². The van der Waals surface area contributed by atoms with Crippen LogP contribution in [0.3, 0.4) is 0 Å². The van der Waals surface area contributed by atoms with Gasteiger partial charge in [0.1, 0.15) is 12.3 Å². The van der Waals surface area contributed by atoms with Crippen molar-refractivity contribution in [1.29, 1.82) is 0 Å². The summed E-state index contributed by atoms with van der Waals surface area (Å²) in [5.74, 6) is 0. The second kappa shape index (κ2) is 9.30. The van der Waals surface area contributed by atoms with Gasteiger partial charge in [0, 0.05) is 12.5 Å². The summed E-state index contributed by atoms with van der Waals surface area (Å²) in [6.07, 6.45) is -0.814. The molecule has 32 heavy (non-hydrogen) atoms. The van der Waals surface area contributed by atoms with Gasteiger partial charge in [-0.1, -0.05) is 41.5 Å². The van der Waals surface area contributed by atoms with E-state index in [1.54, 1.807) is 0 Å². The van der Waals surface area contributed by atoms with Crippen molar-refractivity contribution in [3.8, 4) is 0 Å². The second-order valence-corrected chi connectivity index (χ2v) is 21.4. The maximum atomic E-state index is 12.6. The van der Waals surface area contributed by atoms with Crippen LogP contribution in [0.4, 0.5) is 0 Å². The predicted molar refractivity (Wildman–Crippen MR) is 131 cm³/mol. The van der Waals surface area contributed by atoms with Crippen LogP contribution in [0.2, 0.25) is 36.3 Å². The molecule has 0 unspecified atom stereocenters. The number of hydrogen-bond donors (Lipinski definition) is 2. The molecule has 3 atom stereocenters. The number of aliphatic hydroxyl groups excluding tert-OH is 1. The minimum absolute atomic E-state index is 0.0149. The van der Waals surface area contributed by atoms with Crippen molar-refractivity contribution in [3.63, 3.8) is 0 Å². The molecule has 1 aliphatic rings. The molecule has 1 aromatic heterocycles. The van der Waals surface area contributed by atoms with E-state index in [1.165, 1.54) is 10.6 Å². The largest absolute Gasteiger partial charge is 0.414 e. The first kappa shape index (κ1) is 27.2. The third-order valence-electron chi connectivity index (χ3n) is 7.35. The Morgan fingerprint density at radius 1 is 1.09 bits per heavy atom. The van der Waals surface area contributed by atoms with Crippen molar-refractivity contribution in [2.24, 2.45) is 0 Å². The monoisotopic (exact) mass is 486 g/mol. The fourth-order valence-electron chi connectivity index (χ4n) is 3.19. The van der Waals surface area contributed by atoms with Crippen molar-refractivity contribution in [2.75, 3.05) is 6.61 Å². The molecule has 0 spiro atoms. The first-order valence-electron chi connectivity index (χ1n) is 11.3. The lowest BCUT2D eigenvalue weighted by atomic mass is 10.2. The van der Waals surface area contributed by atoms with Gasteiger partial charge in [0.2, 0.25) is 0 Å². The summed E-state index contributed by atoms with van der Waals surface area (Å²) in [6, 6.07) is 1.23. The molecular formula is C22H42N2O6Si2. The van der Waals surface area contributed by atoms with Gasteiger partial charge in [-0.3, -0.25) is 14.3 Å². The average Bonchev–Trinajstić information content (AvgIpc) is 2.98. The third-order valence-corrected chi connectivity index (χ3v) is 16.4. The van der Waals surface area contributed by atoms with Crippen LogP contribution in [-0.4, -0.2) is 50.1 Å². The first-order valence-corrected chi connectivity index (χ1v) is 17.1. The van der Waals surface area contributed by atoms with E-state index >= 15 is 0 Å². The highest BCUT2D eigenvalue weighted by Gasteiger charge is 2.47. The minimum atomic E-state index is -2.12. The van der Waals surface area contributed by atoms with Crippen LogP contribution in [-0.2, 0) is 20.2 Å². The van der Waals surface area contributed by atoms with Crippen LogP contribution in [0.15, 0.2) is 15.7 Å². The molecule has 1 aromatic rings. The van der Waals surface area contributed by atoms with Crippen LogP contribution in [0, 0.1) is 0 Å². The summed E-state index contributed by atoms with van der Waals surface area (Å²) in [4.78, 5) is 26.6. The Morgan fingerprint density at radius 3 is 2.16 bits per heavy atom. The van der Waals surface area contributed by atoms with Crippen LogP contribution in [0.1, 0.15) is 59.9 Å². The number of aliphatic hydroxyl groups is 1. The highest BCUT2D eigenvalue weighted by atomic mass is 28.4. The molecule has 184 valence electrons. The zero-order chi connectivity index (χ0) is 24.7. The van der Waals surface area contributed by atoms with E-state index in [0.717, 1.165) is 0 Å². The summed E-state index contributed by atoms with van der Waals surface area (Å²) in [5.41, 5.74) is -0.912. The van der Waals surface area contributed by atoms with E-state index in [2.05, 4.69) is 72.7 Å². The molecule has 1 aliphatic heterocycles. The summed E-state index contributed by atoms with van der Waals surface area (Å²) >= 11 is 0. The van der Waals surface area contributed by atoms with Gasteiger partial charge in [-0.2, -0.15) is 0 Å². The lowest BCUT2D eigenvalue weighted by Gasteiger charge is -2.40. The highest BCUT2D eigenvalue weighted by molar-refractivity contribution is 6.74. The lowest BCUT2D eigenvalue weighted by molar-refractivity contribution is -0.0430. The third kappa shape index (κ3) is 5.89. The van der Waals surface area contributed by atoms with Gasteiger partial charge in [-0.15, -0.1) is 0 Å². The van der Waals surface area contributed by atoms with Gasteiger partial charge in [0.15, 0.2) is 16.6 Å². The van der Waals surface area contributed by atoms with E-state index in [9.17, 15) is 14.7 Å². The quantitative estimate of drug-likeness (QED) is 0.569. The minimum Gasteiger partial charge on any atom is -0.414 e. The van der Waals surface area contributed by atoms with E-state index in [4.69, 9.17) is 13.6 Å². The average molecular weight is 487 g/mol. The van der Waals surface area contributed by atoms with Gasteiger partial charge in [0.25, 0.3) is 5.56 Å². The van der Waals surface area contributed by atoms with E-state index in [0.29, 0.717) is 13.0 Å². The SMILES string of the molecule is CC(C)(C)[Si](C)(C)OC[C@H]1O[C@@H](n2c(CO)cc(=O)[nH]c2=O)C[C@@H]1O[Si](C)(C)C(C)(C)C. The van der Waals surface area contributed by atoms with Crippen molar-refractivity contribution in [1.82, 2.24) is 9.55 Å². The number of hydrogen-bond acceptors (Lipinski definition) is 6. The number of H-pyrrole nitrogens is 1. The Balaban J connectivity index is 2.37. The zero-order valence-electron chi connectivity index (χ0n) is 21.4. The molecule has 2 N–H and O–H groups in total. The summed E-state index contributed by atoms with van der Waals surface area (Å²) in [7, 11) is -4.13. The molecule has 0 amide bonds. The molecule has 0 saturated carbocycles. The maximum absolute atomic E-state index is 12.6. The summed E-state index contributed by atoms with van der Waals surface area (Å²) in [6.45, 7) is 21.8. The van der Waals surface area contributed by atoms with Crippen LogP contribution in [0.25, 0.3) is 0 Å². The molecule has 2 heterocycles. The predicted octanol–water partition coefficient (Wildman–Crippen LogP) is 3.73. The molecule has 2 rings (SSSR count). The molecule has 0 aromatic carbocycles. The van der Waals surface area contributed by atoms with Gasteiger partial charge in [-0.05, 0) is 36.3 Å². The van der Waals surface area contributed by atoms with Crippen molar-refractivity contribution in [2.45, 2.75) is 109 Å². The lowest BCUT2D eigenvalue weighted by Crippen LogP contribution is -2.48. The van der Waals surface area contributed by atoms with Crippen molar-refractivity contribution < 1.29 is 18.7 Å². The fraction of sp³-hybridized carbons (Fsp3) is 0.818. The Labute approximate surface area is 193 Å². The number of nitrogens with one attached hydrogen (secondary N) is 1. The van der Waals surface area contributed by atoms with Gasteiger partial charge >= 0.3 is 5.69 Å². The van der Waals surface area contributed by atoms with E-state index < -0.39 is 40.7 Å². The summed E-state index contributed by atoms with van der Waals surface area (Å²) < 4.78 is 20.8. The number of ether oxygens (including phenoxy) is 1. The molecule has 0 bridgehead atoms. The molecular weight excluding hydrogens is 444 g/mol. The standard InChI is InChI=1S/C22H42N2O6Si2/c1-21(2,3)31(7,8)28-14-17-16(30-32(9,10)22(4,5)6)12-19(29-17)24-15(13-25)11-18(26)23-20(24)27/h11,16-17,19,25H,12-14H2,1-10H3,(H,23,26,27)/t16-,17+,19+/m0/s1. The smallest absolute Gasteiger partial charge is 0.330 e. The van der Waals surface area contributed by atoms with Crippen molar-refractivity contribution >= 4 is 16.6 Å². The number of aromatic amines is 1. The number of nitrogens with zero attached hydrogens (tertiary/aromatic N) is 1. The van der Waals surface area contributed by atoms with E-state index in [-0.39, 0.29) is 28.0 Å². The number of aromatic nitrogens is 2. The zero-order valence-corrected chi connectivity index (χ0v) is 23.4. The second-order valence-electron chi connectivity index (χ2n) is 11.8. The topological polar surface area (TPSA) is 103 Å². The van der Waals surface area contributed by atoms with Crippen molar-refractivity contribution in [3.05, 3.63) is 32.6 Å². The highest BCUT2D eigenvalue weighted by Crippen LogP contribution is 2.42. The Morgan fingerprint density at radius 2 is 1.66 bits per heavy atom. The van der Waals surface area contributed by atoms with Gasteiger partial charge in [0.05, 0.1) is 25.0 Å². The maximum Gasteiger partial charge on any atom is 0.330 e. The van der Waals surface area contributed by atoms with Gasteiger partial charge < -0.3 is 18.7 Å². The number of rotatable bonds is 7. The van der Waals surface area contributed by atoms with E-state index in [1.807, 2.05) is 0 Å². The van der Waals surface area contributed by atoms with Crippen LogP contribution in [0.5, 0.6) is 0 Å². The molecule has 8 nitrogen and oxygen atoms in total. The normalized spacial score (nSPS) is 23.0. The Kier molecular flexibility index (Phi) is 7.91. The molecule has 1 saturated heterocycles. The Hall–Kier alpha value is -1.05. The molecule has 0 aliphatic carbocycles. The molecule has 10 heteroatoms. The Bertz CT molecular complexity index is 911. The molecule has 0 radical (unpaired) electrons. The van der Waals surface area contributed by atoms with Crippen LogP contribution >= 0.6 is 0 Å². The first-order chi connectivity index (χ1) is 14.4.